The Hall–Kier alpha value is -1.50. The van der Waals surface area contributed by atoms with Crippen LogP contribution in [-0.4, -0.2) is 45.5 Å². The second-order valence-electron chi connectivity index (χ2n) is 4.37. The van der Waals surface area contributed by atoms with Gasteiger partial charge < -0.3 is 25.3 Å². The molecule has 20 heavy (non-hydrogen) atoms. The largest absolute Gasteiger partial charge is 0.465 e. The number of esters is 1. The van der Waals surface area contributed by atoms with Crippen molar-refractivity contribution in [2.45, 2.75) is 6.10 Å². The van der Waals surface area contributed by atoms with Crippen LogP contribution in [0.1, 0.15) is 10.4 Å². The third-order valence-corrected chi connectivity index (χ3v) is 3.21. The normalized spacial score (nSPS) is 18.6. The number of carbonyl (C=O) groups excluding carboxylic acids is 1. The third kappa shape index (κ3) is 3.53. The number of nitrogens with two attached hydrogens (primary N) is 1. The quantitative estimate of drug-likeness (QED) is 0.648. The molecule has 1 aliphatic heterocycles. The maximum atomic E-state index is 11.8. The smallest absolute Gasteiger partial charge is 0.340 e. The van der Waals surface area contributed by atoms with Gasteiger partial charge in [0.25, 0.3) is 0 Å². The lowest BCUT2D eigenvalue weighted by Gasteiger charge is -2.24. The van der Waals surface area contributed by atoms with Gasteiger partial charge in [-0.15, -0.1) is 0 Å². The summed E-state index contributed by atoms with van der Waals surface area (Å²) >= 11 is 6.13. The number of carbonyl (C=O) groups is 1. The molecule has 6 nitrogen and oxygen atoms in total. The van der Waals surface area contributed by atoms with E-state index in [4.69, 9.17) is 31.5 Å². The monoisotopic (exact) mass is 300 g/mol. The number of benzene rings is 1. The van der Waals surface area contributed by atoms with Crippen molar-refractivity contribution in [3.63, 3.8) is 0 Å². The zero-order chi connectivity index (χ0) is 14.5. The summed E-state index contributed by atoms with van der Waals surface area (Å²) in [4.78, 5) is 11.8. The molecular formula is C13H17ClN2O4. The number of methoxy groups -OCH3 is 1. The molecule has 3 N–H and O–H groups in total. The fraction of sp³-hybridized carbons (Fsp3) is 0.462. The third-order valence-electron chi connectivity index (χ3n) is 2.91. The average molecular weight is 301 g/mol. The van der Waals surface area contributed by atoms with Gasteiger partial charge >= 0.3 is 5.97 Å². The number of ether oxygens (including phenoxy) is 3. The van der Waals surface area contributed by atoms with E-state index in [9.17, 15) is 4.79 Å². The van der Waals surface area contributed by atoms with Crippen molar-refractivity contribution in [3.05, 3.63) is 22.7 Å². The highest BCUT2D eigenvalue weighted by atomic mass is 35.5. The first-order valence-electron chi connectivity index (χ1n) is 6.22. The second kappa shape index (κ2) is 6.78. The lowest BCUT2D eigenvalue weighted by molar-refractivity contribution is -0.0818. The van der Waals surface area contributed by atoms with E-state index >= 15 is 0 Å². The zero-order valence-corrected chi connectivity index (χ0v) is 11.9. The van der Waals surface area contributed by atoms with Gasteiger partial charge in [-0.05, 0) is 12.1 Å². The van der Waals surface area contributed by atoms with Crippen molar-refractivity contribution >= 4 is 28.9 Å². The van der Waals surface area contributed by atoms with E-state index in [1.54, 1.807) is 6.07 Å². The van der Waals surface area contributed by atoms with Crippen molar-refractivity contribution in [1.29, 1.82) is 0 Å². The minimum absolute atomic E-state index is 0.0807. The van der Waals surface area contributed by atoms with E-state index in [1.165, 1.54) is 13.2 Å². The molecule has 1 heterocycles. The minimum Gasteiger partial charge on any atom is -0.465 e. The Bertz CT molecular complexity index is 490. The van der Waals surface area contributed by atoms with Gasteiger partial charge in [-0.2, -0.15) is 0 Å². The van der Waals surface area contributed by atoms with Crippen LogP contribution in [0.15, 0.2) is 12.1 Å². The molecular weight excluding hydrogens is 284 g/mol. The van der Waals surface area contributed by atoms with Crippen molar-refractivity contribution < 1.29 is 19.0 Å². The van der Waals surface area contributed by atoms with Gasteiger partial charge in [0.05, 0.1) is 49.3 Å². The van der Waals surface area contributed by atoms with Gasteiger partial charge in [-0.1, -0.05) is 11.6 Å². The van der Waals surface area contributed by atoms with Crippen LogP contribution < -0.4 is 11.1 Å². The standard InChI is InChI=1S/C13H17ClN2O4/c1-18-13(17)10-4-8(15)5-11(14)12(10)16-6-9-7-19-2-3-20-9/h4-5,9,16H,2-3,6-7,15H2,1H3. The highest BCUT2D eigenvalue weighted by Crippen LogP contribution is 2.29. The topological polar surface area (TPSA) is 82.8 Å². The van der Waals surface area contributed by atoms with Crippen LogP contribution in [0.4, 0.5) is 11.4 Å². The predicted octanol–water partition coefficient (Wildman–Crippen LogP) is 1.54. The summed E-state index contributed by atoms with van der Waals surface area (Å²) in [5.41, 5.74) is 6.88. The van der Waals surface area contributed by atoms with Crippen LogP contribution in [0.2, 0.25) is 5.02 Å². The summed E-state index contributed by atoms with van der Waals surface area (Å²) in [6.07, 6.45) is -0.0807. The van der Waals surface area contributed by atoms with Crippen LogP contribution in [0.3, 0.4) is 0 Å². The molecule has 1 fully saturated rings. The summed E-state index contributed by atoms with van der Waals surface area (Å²) in [6.45, 7) is 2.15. The fourth-order valence-corrected chi connectivity index (χ4v) is 2.24. The highest BCUT2D eigenvalue weighted by Gasteiger charge is 2.19. The molecule has 1 unspecified atom stereocenters. The van der Waals surface area contributed by atoms with E-state index in [2.05, 4.69) is 5.32 Å². The highest BCUT2D eigenvalue weighted by molar-refractivity contribution is 6.34. The van der Waals surface area contributed by atoms with Crippen LogP contribution in [0.5, 0.6) is 0 Å². The lowest BCUT2D eigenvalue weighted by atomic mass is 10.1. The first-order chi connectivity index (χ1) is 9.61. The molecule has 1 saturated heterocycles. The van der Waals surface area contributed by atoms with E-state index in [0.717, 1.165) is 0 Å². The van der Waals surface area contributed by atoms with Crippen LogP contribution in [0.25, 0.3) is 0 Å². The maximum absolute atomic E-state index is 11.8. The summed E-state index contributed by atoms with van der Waals surface area (Å²) < 4.78 is 15.6. The Kier molecular flexibility index (Phi) is 5.05. The second-order valence-corrected chi connectivity index (χ2v) is 4.77. The van der Waals surface area contributed by atoms with E-state index in [-0.39, 0.29) is 6.10 Å². The Morgan fingerprint density at radius 2 is 2.35 bits per heavy atom. The minimum atomic E-state index is -0.498. The molecule has 0 saturated carbocycles. The molecule has 2 rings (SSSR count). The van der Waals surface area contributed by atoms with Crippen LogP contribution in [-0.2, 0) is 14.2 Å². The maximum Gasteiger partial charge on any atom is 0.340 e. The molecule has 0 radical (unpaired) electrons. The molecule has 7 heteroatoms. The molecule has 0 bridgehead atoms. The lowest BCUT2D eigenvalue weighted by Crippen LogP contribution is -2.34. The Balaban J connectivity index is 2.14. The summed E-state index contributed by atoms with van der Waals surface area (Å²) in [6, 6.07) is 3.10. The number of hydrogen-bond acceptors (Lipinski definition) is 6. The van der Waals surface area contributed by atoms with Gasteiger partial charge in [0.2, 0.25) is 0 Å². The van der Waals surface area contributed by atoms with Crippen molar-refractivity contribution in [2.24, 2.45) is 0 Å². The number of anilines is 2. The van der Waals surface area contributed by atoms with Gasteiger partial charge in [-0.25, -0.2) is 4.79 Å². The fourth-order valence-electron chi connectivity index (χ4n) is 1.95. The summed E-state index contributed by atoms with van der Waals surface area (Å²) in [7, 11) is 1.31. The molecule has 1 aromatic carbocycles. The molecule has 1 atom stereocenters. The molecule has 0 amide bonds. The molecule has 1 aromatic rings. The first kappa shape index (κ1) is 14.9. The molecule has 1 aliphatic rings. The predicted molar refractivity (Wildman–Crippen MR) is 76.3 cm³/mol. The van der Waals surface area contributed by atoms with Gasteiger partial charge in [-0.3, -0.25) is 0 Å². The number of hydrogen-bond donors (Lipinski definition) is 2. The van der Waals surface area contributed by atoms with Gasteiger partial charge in [0, 0.05) is 12.2 Å². The van der Waals surface area contributed by atoms with Gasteiger partial charge in [0.1, 0.15) is 0 Å². The van der Waals surface area contributed by atoms with Gasteiger partial charge in [0.15, 0.2) is 0 Å². The van der Waals surface area contributed by atoms with E-state index in [0.29, 0.717) is 48.3 Å². The summed E-state index contributed by atoms with van der Waals surface area (Å²) in [5, 5.41) is 3.46. The molecule has 0 aromatic heterocycles. The number of rotatable bonds is 4. The molecule has 0 aliphatic carbocycles. The van der Waals surface area contributed by atoms with Crippen molar-refractivity contribution in [1.82, 2.24) is 0 Å². The van der Waals surface area contributed by atoms with E-state index in [1.807, 2.05) is 0 Å². The SMILES string of the molecule is COC(=O)c1cc(N)cc(Cl)c1NCC1COCCO1. The number of nitrogen functional groups attached to an aromatic ring is 1. The Morgan fingerprint density at radius 1 is 1.55 bits per heavy atom. The molecule has 110 valence electrons. The van der Waals surface area contributed by atoms with Crippen molar-refractivity contribution in [3.8, 4) is 0 Å². The Labute approximate surface area is 122 Å². The van der Waals surface area contributed by atoms with Crippen LogP contribution >= 0.6 is 11.6 Å². The van der Waals surface area contributed by atoms with Crippen molar-refractivity contribution in [2.75, 3.05) is 44.5 Å². The van der Waals surface area contributed by atoms with E-state index < -0.39 is 5.97 Å². The summed E-state index contributed by atoms with van der Waals surface area (Å²) in [5.74, 6) is -0.498. The number of halogens is 1. The Morgan fingerprint density at radius 3 is 3.00 bits per heavy atom. The van der Waals surface area contributed by atoms with Crippen LogP contribution in [0, 0.1) is 0 Å². The molecule has 0 spiro atoms. The number of nitrogens with one attached hydrogen (secondary N) is 1. The zero-order valence-electron chi connectivity index (χ0n) is 11.1. The first-order valence-corrected chi connectivity index (χ1v) is 6.60. The average Bonchev–Trinajstić information content (AvgIpc) is 2.46.